The van der Waals surface area contributed by atoms with Crippen LogP contribution in [0.5, 0.6) is 0 Å². The van der Waals surface area contributed by atoms with Crippen LogP contribution in [0.2, 0.25) is 0 Å². The zero-order valence-electron chi connectivity index (χ0n) is 38.3. The SMILES string of the molecule is CCCCCCCCCC(=O)OCC(=C\C=C\C(C)=C\C=C\C=C(C)\C=C\C=C(/C)C=C=C1C(C)(C)C[C@H](OC(C)=O)C[C@@]1(C)O)/C=C/[C@@]12O[C@]1(C)C[C@@H](O)CC2(C)C. The fraction of sp³-hybridized carbons (Fsp3) is 0.596. The van der Waals surface area contributed by atoms with E-state index in [9.17, 15) is 19.8 Å². The predicted octanol–water partition coefficient (Wildman–Crippen LogP) is 12.0. The van der Waals surface area contributed by atoms with Crippen molar-refractivity contribution in [3.05, 3.63) is 113 Å². The highest BCUT2D eigenvalue weighted by Crippen LogP contribution is 2.66. The Morgan fingerprint density at radius 2 is 1.36 bits per heavy atom. The number of aliphatic hydroxyl groups is 2. The number of epoxide rings is 1. The van der Waals surface area contributed by atoms with E-state index in [2.05, 4.69) is 59.4 Å². The summed E-state index contributed by atoms with van der Waals surface area (Å²) in [6.45, 7) is 22.2. The van der Waals surface area contributed by atoms with Gasteiger partial charge >= 0.3 is 11.9 Å². The molecule has 1 aliphatic heterocycles. The van der Waals surface area contributed by atoms with E-state index in [1.165, 1.54) is 32.6 Å². The molecule has 0 radical (unpaired) electrons. The maximum Gasteiger partial charge on any atom is 0.306 e. The van der Waals surface area contributed by atoms with Gasteiger partial charge in [-0.1, -0.05) is 151 Å². The van der Waals surface area contributed by atoms with Gasteiger partial charge in [0.2, 0.25) is 0 Å². The molecule has 3 fully saturated rings. The van der Waals surface area contributed by atoms with Gasteiger partial charge in [-0.05, 0) is 82.6 Å². The number of aliphatic hydroxyl groups excluding tert-OH is 1. The predicted molar refractivity (Wildman–Crippen MR) is 242 cm³/mol. The Bertz CT molecular complexity index is 1750. The molecule has 7 nitrogen and oxygen atoms in total. The number of esters is 2. The van der Waals surface area contributed by atoms with Gasteiger partial charge in [0.05, 0.1) is 11.7 Å². The van der Waals surface area contributed by atoms with E-state index in [0.717, 1.165) is 47.1 Å². The van der Waals surface area contributed by atoms with Crippen molar-refractivity contribution >= 4 is 11.9 Å². The molecular weight excluding hydrogens is 737 g/mol. The minimum Gasteiger partial charge on any atom is -0.462 e. The Morgan fingerprint density at radius 1 is 0.763 bits per heavy atom. The lowest BCUT2D eigenvalue weighted by molar-refractivity contribution is -0.152. The summed E-state index contributed by atoms with van der Waals surface area (Å²) in [6, 6.07) is 0. The maximum absolute atomic E-state index is 12.7. The second-order valence-corrected chi connectivity index (χ2v) is 18.9. The van der Waals surface area contributed by atoms with Crippen LogP contribution in [0.15, 0.2) is 113 Å². The Kier molecular flexibility index (Phi) is 18.7. The molecule has 0 aromatic carbocycles. The van der Waals surface area contributed by atoms with Crippen LogP contribution in [0.1, 0.15) is 153 Å². The van der Waals surface area contributed by atoms with Crippen molar-refractivity contribution in [1.29, 1.82) is 0 Å². The lowest BCUT2D eigenvalue weighted by Crippen LogP contribution is -2.46. The van der Waals surface area contributed by atoms with Crippen molar-refractivity contribution < 1.29 is 34.0 Å². The van der Waals surface area contributed by atoms with Crippen molar-refractivity contribution in [2.75, 3.05) is 6.61 Å². The number of allylic oxidation sites excluding steroid dienone is 13. The highest BCUT2D eigenvalue weighted by atomic mass is 16.6. The summed E-state index contributed by atoms with van der Waals surface area (Å²) in [5.74, 6) is -0.493. The fourth-order valence-corrected chi connectivity index (χ4v) is 9.04. The van der Waals surface area contributed by atoms with Crippen molar-refractivity contribution in [3.8, 4) is 0 Å². The normalized spacial score (nSPS) is 28.7. The monoisotopic (exact) mass is 813 g/mol. The highest BCUT2D eigenvalue weighted by molar-refractivity contribution is 5.69. The minimum absolute atomic E-state index is 0.166. The van der Waals surface area contributed by atoms with Crippen LogP contribution in [0.25, 0.3) is 0 Å². The molecule has 3 rings (SSSR count). The summed E-state index contributed by atoms with van der Waals surface area (Å²) in [6.07, 6.45) is 36.3. The molecule has 2 saturated carbocycles. The average molecular weight is 813 g/mol. The van der Waals surface area contributed by atoms with Crippen LogP contribution < -0.4 is 0 Å². The number of fused-ring (bicyclic) bond motifs is 1. The molecule has 3 aliphatic rings. The fourth-order valence-electron chi connectivity index (χ4n) is 9.04. The molecule has 5 atom stereocenters. The largest absolute Gasteiger partial charge is 0.462 e. The summed E-state index contributed by atoms with van der Waals surface area (Å²) < 4.78 is 17.6. The number of hydrogen-bond donors (Lipinski definition) is 2. The van der Waals surface area contributed by atoms with Crippen LogP contribution in [0.3, 0.4) is 0 Å². The quantitative estimate of drug-likeness (QED) is 0.0414. The van der Waals surface area contributed by atoms with Crippen LogP contribution in [-0.2, 0) is 23.8 Å². The first-order valence-corrected chi connectivity index (χ1v) is 22.0. The molecule has 0 unspecified atom stereocenters. The van der Waals surface area contributed by atoms with Gasteiger partial charge in [0.15, 0.2) is 0 Å². The van der Waals surface area contributed by atoms with Gasteiger partial charge in [-0.15, -0.1) is 5.73 Å². The van der Waals surface area contributed by atoms with Crippen molar-refractivity contribution in [1.82, 2.24) is 0 Å². The molecule has 0 aromatic rings. The molecular formula is C52H76O7. The first kappa shape index (κ1) is 49.6. The van der Waals surface area contributed by atoms with Crippen molar-refractivity contribution in [3.63, 3.8) is 0 Å². The third kappa shape index (κ3) is 15.3. The van der Waals surface area contributed by atoms with Crippen molar-refractivity contribution in [2.24, 2.45) is 10.8 Å². The number of carbonyl (C=O) groups excluding carboxylic acids is 2. The summed E-state index contributed by atoms with van der Waals surface area (Å²) in [7, 11) is 0. The third-order valence-corrected chi connectivity index (χ3v) is 12.0. The molecule has 7 heteroatoms. The van der Waals surface area contributed by atoms with Crippen LogP contribution in [0, 0.1) is 10.8 Å². The van der Waals surface area contributed by atoms with Gasteiger partial charge in [-0.25, -0.2) is 0 Å². The molecule has 0 spiro atoms. The number of hydrogen-bond acceptors (Lipinski definition) is 7. The zero-order valence-corrected chi connectivity index (χ0v) is 38.3. The molecule has 1 saturated heterocycles. The standard InChI is InChI=1S/C52H76O7/c1-12-13-14-15-16-17-18-29-47(55)57-38-43(32-33-52-49(8,9)34-44(54)35-51(52,11)59-52)28-22-27-40(3)24-20-19-23-39(2)25-21-26-41(4)30-31-46-48(6,7)36-45(58-42(5)53)37-50(46,10)56/h19-28,30,32-33,44-45,54,56H,12-18,29,34-38H2,1-11H3/b20-19+,25-21+,27-22+,33-32+,39-23+,40-24+,41-26+,43-28-/t31?,44-,45-,50+,51+,52-/m0/s1. The second-order valence-electron chi connectivity index (χ2n) is 18.9. The Hall–Kier alpha value is -3.74. The smallest absolute Gasteiger partial charge is 0.306 e. The molecule has 2 N–H and O–H groups in total. The number of unbranched alkanes of at least 4 members (excludes halogenated alkanes) is 6. The molecule has 59 heavy (non-hydrogen) atoms. The average Bonchev–Trinajstić information content (AvgIpc) is 3.74. The number of rotatable bonds is 20. The molecule has 0 bridgehead atoms. The van der Waals surface area contributed by atoms with E-state index in [1.807, 2.05) is 87.6 Å². The van der Waals surface area contributed by atoms with Gasteiger partial charge in [-0.2, -0.15) is 0 Å². The van der Waals surface area contributed by atoms with Gasteiger partial charge in [0.1, 0.15) is 23.9 Å². The minimum atomic E-state index is -1.12. The van der Waals surface area contributed by atoms with Crippen molar-refractivity contribution in [2.45, 2.75) is 182 Å². The highest BCUT2D eigenvalue weighted by Gasteiger charge is 2.74. The van der Waals surface area contributed by atoms with Crippen LogP contribution in [0.4, 0.5) is 0 Å². The van der Waals surface area contributed by atoms with Gasteiger partial charge < -0.3 is 24.4 Å². The molecule has 0 aromatic heterocycles. The molecule has 326 valence electrons. The molecule has 0 amide bonds. The number of carbonyl (C=O) groups is 2. The first-order valence-electron chi connectivity index (χ1n) is 22.0. The summed E-state index contributed by atoms with van der Waals surface area (Å²) >= 11 is 0. The topological polar surface area (TPSA) is 106 Å². The van der Waals surface area contributed by atoms with Gasteiger partial charge in [0.25, 0.3) is 0 Å². The van der Waals surface area contributed by atoms with E-state index in [-0.39, 0.29) is 41.6 Å². The van der Waals surface area contributed by atoms with E-state index in [0.29, 0.717) is 32.1 Å². The lowest BCUT2D eigenvalue weighted by Gasteiger charge is -2.44. The molecule has 1 heterocycles. The first-order chi connectivity index (χ1) is 27.6. The maximum atomic E-state index is 12.7. The summed E-state index contributed by atoms with van der Waals surface area (Å²) in [4.78, 5) is 24.2. The second kappa shape index (κ2) is 22.2. The Morgan fingerprint density at radius 3 is 1.95 bits per heavy atom. The Labute approximate surface area is 357 Å². The van der Waals surface area contributed by atoms with E-state index < -0.39 is 16.8 Å². The number of ether oxygens (including phenoxy) is 3. The van der Waals surface area contributed by atoms with Crippen LogP contribution >= 0.6 is 0 Å². The van der Waals surface area contributed by atoms with Gasteiger partial charge in [0, 0.05) is 37.2 Å². The molecule has 2 aliphatic carbocycles. The summed E-state index contributed by atoms with van der Waals surface area (Å²) in [5.41, 5.74) is 5.63. The summed E-state index contributed by atoms with van der Waals surface area (Å²) in [5, 5.41) is 21.7. The third-order valence-electron chi connectivity index (χ3n) is 12.0. The zero-order chi connectivity index (χ0) is 43.9. The van der Waals surface area contributed by atoms with Gasteiger partial charge in [-0.3, -0.25) is 9.59 Å². The van der Waals surface area contributed by atoms with E-state index in [4.69, 9.17) is 14.2 Å². The van der Waals surface area contributed by atoms with E-state index >= 15 is 0 Å². The van der Waals surface area contributed by atoms with Crippen LogP contribution in [-0.4, -0.2) is 57.8 Å². The van der Waals surface area contributed by atoms with E-state index in [1.54, 1.807) is 6.92 Å². The Balaban J connectivity index is 1.63. The lowest BCUT2D eigenvalue weighted by atomic mass is 9.63.